The van der Waals surface area contributed by atoms with Crippen molar-refractivity contribution in [2.24, 2.45) is 0 Å². The number of halogens is 1. The predicted molar refractivity (Wildman–Crippen MR) is 136 cm³/mol. The number of aryl methyl sites for hydroxylation is 1. The molecule has 0 saturated heterocycles. The molecule has 4 aromatic carbocycles. The fraction of sp³-hybridized carbons (Fsp3) is 0.148. The van der Waals surface area contributed by atoms with Gasteiger partial charge in [-0.2, -0.15) is 0 Å². The number of anilines is 1. The van der Waals surface area contributed by atoms with Gasteiger partial charge in [-0.1, -0.05) is 42.5 Å². The molecule has 1 amide bonds. The average Bonchev–Trinajstić information content (AvgIpc) is 2.84. The summed E-state index contributed by atoms with van der Waals surface area (Å²) in [6.45, 7) is 1.91. The molecule has 0 atom stereocenters. The number of nitrogens with one attached hydrogen (secondary N) is 1. The van der Waals surface area contributed by atoms with Crippen molar-refractivity contribution in [3.8, 4) is 28.4 Å². The first-order valence-electron chi connectivity index (χ1n) is 10.4. The predicted octanol–water partition coefficient (Wildman–Crippen LogP) is 6.86. The molecule has 168 valence electrons. The third-order valence-electron chi connectivity index (χ3n) is 5.59. The van der Waals surface area contributed by atoms with E-state index in [4.69, 9.17) is 14.2 Å². The molecule has 6 heteroatoms. The van der Waals surface area contributed by atoms with Gasteiger partial charge in [0.05, 0.1) is 26.9 Å². The van der Waals surface area contributed by atoms with E-state index >= 15 is 0 Å². The van der Waals surface area contributed by atoms with Gasteiger partial charge in [0, 0.05) is 15.5 Å². The van der Waals surface area contributed by atoms with E-state index < -0.39 is 0 Å². The van der Waals surface area contributed by atoms with Gasteiger partial charge in [0.25, 0.3) is 5.91 Å². The van der Waals surface area contributed by atoms with Crippen molar-refractivity contribution in [3.63, 3.8) is 0 Å². The van der Waals surface area contributed by atoms with Crippen LogP contribution < -0.4 is 19.5 Å². The first-order chi connectivity index (χ1) is 16.0. The SMILES string of the molecule is COc1cc2c(NC(=O)c3c(Br)ccc(C)c3OC)ccc(-c3ccccc3)c2cc1OC. The molecular formula is C27H24BrNO4. The van der Waals surface area contributed by atoms with Gasteiger partial charge in [0.2, 0.25) is 0 Å². The minimum absolute atomic E-state index is 0.272. The molecule has 0 aliphatic carbocycles. The molecule has 4 rings (SSSR count). The van der Waals surface area contributed by atoms with Crippen LogP contribution in [0.25, 0.3) is 21.9 Å². The normalized spacial score (nSPS) is 10.7. The van der Waals surface area contributed by atoms with Crippen LogP contribution in [0.3, 0.4) is 0 Å². The molecule has 0 aromatic heterocycles. The lowest BCUT2D eigenvalue weighted by molar-refractivity contribution is 0.102. The maximum Gasteiger partial charge on any atom is 0.260 e. The van der Waals surface area contributed by atoms with E-state index in [1.54, 1.807) is 21.3 Å². The van der Waals surface area contributed by atoms with E-state index in [2.05, 4.69) is 33.4 Å². The van der Waals surface area contributed by atoms with Crippen LogP contribution in [-0.2, 0) is 0 Å². The zero-order chi connectivity index (χ0) is 23.5. The molecular weight excluding hydrogens is 482 g/mol. The summed E-state index contributed by atoms with van der Waals surface area (Å²) in [6, 6.07) is 21.6. The highest BCUT2D eigenvalue weighted by Crippen LogP contribution is 2.41. The molecule has 33 heavy (non-hydrogen) atoms. The van der Waals surface area contributed by atoms with Gasteiger partial charge < -0.3 is 19.5 Å². The number of amides is 1. The van der Waals surface area contributed by atoms with Crippen molar-refractivity contribution >= 4 is 38.3 Å². The summed E-state index contributed by atoms with van der Waals surface area (Å²) in [5.74, 6) is 1.46. The lowest BCUT2D eigenvalue weighted by Crippen LogP contribution is -2.15. The molecule has 0 saturated carbocycles. The maximum atomic E-state index is 13.4. The highest BCUT2D eigenvalue weighted by Gasteiger charge is 2.20. The number of hydrogen-bond donors (Lipinski definition) is 1. The zero-order valence-corrected chi connectivity index (χ0v) is 20.4. The largest absolute Gasteiger partial charge is 0.496 e. The van der Waals surface area contributed by atoms with Gasteiger partial charge in [0.15, 0.2) is 11.5 Å². The van der Waals surface area contributed by atoms with Gasteiger partial charge in [-0.25, -0.2) is 0 Å². The molecule has 0 spiro atoms. The van der Waals surface area contributed by atoms with E-state index in [-0.39, 0.29) is 5.91 Å². The molecule has 1 N–H and O–H groups in total. The lowest BCUT2D eigenvalue weighted by Gasteiger charge is -2.17. The Bertz CT molecular complexity index is 1340. The number of ether oxygens (including phenoxy) is 3. The third kappa shape index (κ3) is 4.26. The van der Waals surface area contributed by atoms with Crippen LogP contribution in [0.2, 0.25) is 0 Å². The summed E-state index contributed by atoms with van der Waals surface area (Å²) in [5.41, 5.74) is 4.07. The number of benzene rings is 4. The van der Waals surface area contributed by atoms with E-state index in [1.807, 2.05) is 61.5 Å². The minimum atomic E-state index is -0.272. The quantitative estimate of drug-likeness (QED) is 0.311. The Kier molecular flexibility index (Phi) is 6.56. The summed E-state index contributed by atoms with van der Waals surface area (Å²) < 4.78 is 17.3. The lowest BCUT2D eigenvalue weighted by atomic mass is 9.96. The Balaban J connectivity index is 1.89. The van der Waals surface area contributed by atoms with Crippen molar-refractivity contribution in [2.45, 2.75) is 6.92 Å². The number of fused-ring (bicyclic) bond motifs is 1. The smallest absolute Gasteiger partial charge is 0.260 e. The highest BCUT2D eigenvalue weighted by atomic mass is 79.9. The van der Waals surface area contributed by atoms with Crippen molar-refractivity contribution < 1.29 is 19.0 Å². The standard InChI is InChI=1S/C27H24BrNO4/c1-16-10-12-21(28)25(26(16)33-4)27(30)29-22-13-11-18(17-8-6-5-7-9-17)19-14-23(31-2)24(32-3)15-20(19)22/h5-15H,1-4H3,(H,29,30). The molecule has 4 aromatic rings. The Morgan fingerprint density at radius 3 is 2.12 bits per heavy atom. The number of carbonyl (C=O) groups excluding carboxylic acids is 1. The zero-order valence-electron chi connectivity index (χ0n) is 18.9. The van der Waals surface area contributed by atoms with Gasteiger partial charge in [-0.05, 0) is 69.2 Å². The Morgan fingerprint density at radius 1 is 0.818 bits per heavy atom. The number of methoxy groups -OCH3 is 3. The van der Waals surface area contributed by atoms with Crippen LogP contribution in [0, 0.1) is 6.92 Å². The minimum Gasteiger partial charge on any atom is -0.496 e. The van der Waals surface area contributed by atoms with Gasteiger partial charge in [-0.15, -0.1) is 0 Å². The van der Waals surface area contributed by atoms with Crippen molar-refractivity contribution in [2.75, 3.05) is 26.6 Å². The van der Waals surface area contributed by atoms with E-state index in [0.717, 1.165) is 27.5 Å². The Hall–Kier alpha value is -3.51. The Labute approximate surface area is 201 Å². The first kappa shape index (κ1) is 22.7. The molecule has 0 unspecified atom stereocenters. The van der Waals surface area contributed by atoms with Gasteiger partial charge >= 0.3 is 0 Å². The molecule has 0 heterocycles. The molecule has 0 aliphatic rings. The second-order valence-corrected chi connectivity index (χ2v) is 8.36. The third-order valence-corrected chi connectivity index (χ3v) is 6.25. The van der Waals surface area contributed by atoms with E-state index in [9.17, 15) is 4.79 Å². The first-order valence-corrected chi connectivity index (χ1v) is 11.2. The maximum absolute atomic E-state index is 13.4. The Morgan fingerprint density at radius 2 is 1.48 bits per heavy atom. The molecule has 0 aliphatic heterocycles. The van der Waals surface area contributed by atoms with Crippen LogP contribution in [0.1, 0.15) is 15.9 Å². The second kappa shape index (κ2) is 9.55. The fourth-order valence-electron chi connectivity index (χ4n) is 3.97. The van der Waals surface area contributed by atoms with E-state index in [0.29, 0.717) is 33.0 Å². The van der Waals surface area contributed by atoms with Crippen LogP contribution in [0.4, 0.5) is 5.69 Å². The summed E-state index contributed by atoms with van der Waals surface area (Å²) >= 11 is 3.49. The summed E-state index contributed by atoms with van der Waals surface area (Å²) in [7, 11) is 4.77. The molecule has 5 nitrogen and oxygen atoms in total. The van der Waals surface area contributed by atoms with Crippen LogP contribution in [0.15, 0.2) is 71.2 Å². The number of carbonyl (C=O) groups is 1. The fourth-order valence-corrected chi connectivity index (χ4v) is 4.46. The second-order valence-electron chi connectivity index (χ2n) is 7.51. The van der Waals surface area contributed by atoms with Gasteiger partial charge in [0.1, 0.15) is 5.75 Å². The summed E-state index contributed by atoms with van der Waals surface area (Å²) in [6.07, 6.45) is 0. The number of rotatable bonds is 6. The monoisotopic (exact) mass is 505 g/mol. The van der Waals surface area contributed by atoms with Crippen LogP contribution in [0.5, 0.6) is 17.2 Å². The summed E-state index contributed by atoms with van der Waals surface area (Å²) in [4.78, 5) is 13.4. The molecule has 0 radical (unpaired) electrons. The average molecular weight is 506 g/mol. The van der Waals surface area contributed by atoms with Crippen molar-refractivity contribution in [3.05, 3.63) is 82.3 Å². The number of hydrogen-bond acceptors (Lipinski definition) is 4. The highest BCUT2D eigenvalue weighted by molar-refractivity contribution is 9.10. The molecule has 0 fully saturated rings. The van der Waals surface area contributed by atoms with Crippen LogP contribution >= 0.6 is 15.9 Å². The van der Waals surface area contributed by atoms with Gasteiger partial charge in [-0.3, -0.25) is 4.79 Å². The summed E-state index contributed by atoms with van der Waals surface area (Å²) in [5, 5.41) is 4.84. The molecule has 0 bridgehead atoms. The van der Waals surface area contributed by atoms with Crippen molar-refractivity contribution in [1.29, 1.82) is 0 Å². The van der Waals surface area contributed by atoms with E-state index in [1.165, 1.54) is 0 Å². The topological polar surface area (TPSA) is 56.8 Å². The van der Waals surface area contributed by atoms with Crippen LogP contribution in [-0.4, -0.2) is 27.2 Å². The van der Waals surface area contributed by atoms with Crippen molar-refractivity contribution in [1.82, 2.24) is 0 Å².